The van der Waals surface area contributed by atoms with Crippen molar-refractivity contribution in [2.24, 2.45) is 0 Å². The zero-order chi connectivity index (χ0) is 11.8. The molecule has 2 rings (SSSR count). The van der Waals surface area contributed by atoms with Gasteiger partial charge in [0.2, 0.25) is 0 Å². The maximum absolute atomic E-state index is 12.0. The molecule has 0 atom stereocenters. The van der Waals surface area contributed by atoms with Gasteiger partial charge in [0, 0.05) is 13.0 Å². The molecule has 2 aliphatic rings. The smallest absolute Gasteiger partial charge is 0.256 e. The Morgan fingerprint density at radius 2 is 1.88 bits per heavy atom. The van der Waals surface area contributed by atoms with Crippen molar-refractivity contribution in [3.05, 3.63) is 0 Å². The van der Waals surface area contributed by atoms with Crippen LogP contribution in [-0.2, 0) is 9.59 Å². The Morgan fingerprint density at radius 3 is 2.44 bits per heavy atom. The van der Waals surface area contributed by atoms with E-state index in [0.717, 1.165) is 32.1 Å². The molecular formula is C11H15Cl2NO2. The number of hydrogen-bond acceptors (Lipinski definition) is 2. The van der Waals surface area contributed by atoms with Crippen LogP contribution in [-0.4, -0.2) is 33.5 Å². The molecule has 1 heterocycles. The Balaban J connectivity index is 2.24. The monoisotopic (exact) mass is 263 g/mol. The second-order valence-electron chi connectivity index (χ2n) is 4.56. The molecule has 2 fully saturated rings. The molecule has 1 saturated heterocycles. The van der Waals surface area contributed by atoms with E-state index in [1.807, 2.05) is 0 Å². The number of carbonyl (C=O) groups excluding carboxylic acids is 2. The van der Waals surface area contributed by atoms with Crippen molar-refractivity contribution in [1.29, 1.82) is 0 Å². The van der Waals surface area contributed by atoms with E-state index in [-0.39, 0.29) is 11.7 Å². The minimum Gasteiger partial charge on any atom is -0.327 e. The molecule has 0 bridgehead atoms. The highest BCUT2D eigenvalue weighted by Crippen LogP contribution is 2.40. The number of hydrogen-bond donors (Lipinski definition) is 0. The average Bonchev–Trinajstić information content (AvgIpc) is 2.57. The third kappa shape index (κ3) is 1.84. The van der Waals surface area contributed by atoms with Crippen molar-refractivity contribution in [2.75, 3.05) is 6.54 Å². The minimum atomic E-state index is -1.05. The summed E-state index contributed by atoms with van der Waals surface area (Å²) in [5.41, 5.74) is -0.572. The first-order valence-corrected chi connectivity index (χ1v) is 6.58. The number of amides is 1. The lowest BCUT2D eigenvalue weighted by Crippen LogP contribution is -2.53. The van der Waals surface area contributed by atoms with Gasteiger partial charge in [-0.2, -0.15) is 0 Å². The fourth-order valence-corrected chi connectivity index (χ4v) is 3.17. The summed E-state index contributed by atoms with van der Waals surface area (Å²) in [6, 6.07) is 0. The second kappa shape index (κ2) is 4.53. The van der Waals surface area contributed by atoms with Crippen molar-refractivity contribution in [1.82, 2.24) is 4.90 Å². The molecule has 0 aromatic heterocycles. The fraction of sp³-hybridized carbons (Fsp3) is 0.818. The first kappa shape index (κ1) is 12.2. The number of nitrogens with zero attached hydrogens (tertiary/aromatic N) is 1. The Bertz CT molecular complexity index is 311. The molecule has 90 valence electrons. The van der Waals surface area contributed by atoms with Gasteiger partial charge < -0.3 is 4.90 Å². The fourth-order valence-electron chi connectivity index (χ4n) is 2.93. The summed E-state index contributed by atoms with van der Waals surface area (Å²) >= 11 is 11.2. The van der Waals surface area contributed by atoms with Crippen molar-refractivity contribution in [3.63, 3.8) is 0 Å². The lowest BCUT2D eigenvalue weighted by atomic mass is 9.79. The summed E-state index contributed by atoms with van der Waals surface area (Å²) in [5, 5.41) is 0. The summed E-state index contributed by atoms with van der Waals surface area (Å²) in [6.07, 6.45) is 5.15. The van der Waals surface area contributed by atoms with Gasteiger partial charge in [0.15, 0.2) is 10.6 Å². The molecule has 1 aliphatic heterocycles. The van der Waals surface area contributed by atoms with Gasteiger partial charge in [0.25, 0.3) is 5.91 Å². The maximum Gasteiger partial charge on any atom is 0.256 e. The average molecular weight is 264 g/mol. The van der Waals surface area contributed by atoms with E-state index < -0.39 is 10.4 Å². The van der Waals surface area contributed by atoms with E-state index in [4.69, 9.17) is 23.2 Å². The van der Waals surface area contributed by atoms with Crippen LogP contribution in [0.3, 0.4) is 0 Å². The number of halogens is 2. The third-order valence-corrected chi connectivity index (χ3v) is 4.10. The van der Waals surface area contributed by atoms with Crippen LogP contribution in [0.4, 0.5) is 0 Å². The van der Waals surface area contributed by atoms with Crippen molar-refractivity contribution in [2.45, 2.75) is 48.9 Å². The highest BCUT2D eigenvalue weighted by molar-refractivity contribution is 6.53. The lowest BCUT2D eigenvalue weighted by molar-refractivity contribution is -0.140. The number of carbonyl (C=O) groups is 2. The quantitative estimate of drug-likeness (QED) is 0.681. The van der Waals surface area contributed by atoms with Gasteiger partial charge >= 0.3 is 0 Å². The topological polar surface area (TPSA) is 37.4 Å². The van der Waals surface area contributed by atoms with Crippen LogP contribution in [0.5, 0.6) is 0 Å². The van der Waals surface area contributed by atoms with Gasteiger partial charge in [-0.1, -0.05) is 42.5 Å². The van der Waals surface area contributed by atoms with Crippen LogP contribution in [0, 0.1) is 0 Å². The Labute approximate surface area is 105 Å². The number of Topliss-reactive ketones (excluding diaryl/α,β-unsaturated/α-hetero) is 1. The number of likely N-dealkylation sites (tertiary alicyclic amines) is 1. The molecule has 3 nitrogen and oxygen atoms in total. The van der Waals surface area contributed by atoms with Gasteiger partial charge in [-0.15, -0.1) is 0 Å². The maximum atomic E-state index is 12.0. The molecule has 0 aromatic carbocycles. The number of alkyl halides is 2. The van der Waals surface area contributed by atoms with Crippen LogP contribution in [0.2, 0.25) is 0 Å². The van der Waals surface area contributed by atoms with Crippen LogP contribution in [0.1, 0.15) is 38.5 Å². The summed E-state index contributed by atoms with van der Waals surface area (Å²) in [7, 11) is 0. The highest BCUT2D eigenvalue weighted by Gasteiger charge is 2.51. The Hall–Kier alpha value is -0.280. The number of ketones is 1. The van der Waals surface area contributed by atoms with Crippen LogP contribution >= 0.6 is 23.2 Å². The molecule has 0 aromatic rings. The number of rotatable bonds is 1. The molecule has 1 amide bonds. The third-order valence-electron chi connectivity index (χ3n) is 3.73. The van der Waals surface area contributed by atoms with E-state index in [0.29, 0.717) is 13.0 Å². The van der Waals surface area contributed by atoms with Gasteiger partial charge in [-0.05, 0) is 12.8 Å². The Kier molecular flexibility index (Phi) is 3.45. The zero-order valence-electron chi connectivity index (χ0n) is 9.05. The summed E-state index contributed by atoms with van der Waals surface area (Å²) in [4.78, 5) is 24.5. The normalized spacial score (nSPS) is 24.4. The predicted octanol–water partition coefficient (Wildman–Crippen LogP) is 2.29. The van der Waals surface area contributed by atoms with Crippen LogP contribution < -0.4 is 0 Å². The van der Waals surface area contributed by atoms with Crippen molar-refractivity contribution in [3.8, 4) is 0 Å². The van der Waals surface area contributed by atoms with Gasteiger partial charge in [-0.3, -0.25) is 9.59 Å². The Morgan fingerprint density at radius 1 is 1.25 bits per heavy atom. The highest BCUT2D eigenvalue weighted by atomic mass is 35.5. The van der Waals surface area contributed by atoms with Crippen molar-refractivity contribution >= 4 is 34.9 Å². The minimum absolute atomic E-state index is 0.189. The second-order valence-corrected chi connectivity index (χ2v) is 5.65. The van der Waals surface area contributed by atoms with Gasteiger partial charge in [0.1, 0.15) is 5.54 Å². The van der Waals surface area contributed by atoms with Gasteiger partial charge in [-0.25, -0.2) is 0 Å². The first-order chi connectivity index (χ1) is 7.58. The summed E-state index contributed by atoms with van der Waals surface area (Å²) in [6.45, 7) is 0.480. The molecule has 1 spiro atoms. The largest absolute Gasteiger partial charge is 0.327 e. The molecule has 1 saturated carbocycles. The molecular weight excluding hydrogens is 249 g/mol. The van der Waals surface area contributed by atoms with Crippen LogP contribution in [0.15, 0.2) is 0 Å². The van der Waals surface area contributed by atoms with E-state index in [1.165, 1.54) is 0 Å². The molecule has 5 heteroatoms. The lowest BCUT2D eigenvalue weighted by Gasteiger charge is -2.40. The summed E-state index contributed by atoms with van der Waals surface area (Å²) < 4.78 is 0. The summed E-state index contributed by atoms with van der Waals surface area (Å²) in [5.74, 6) is -0.120. The molecule has 16 heavy (non-hydrogen) atoms. The van der Waals surface area contributed by atoms with E-state index in [1.54, 1.807) is 4.90 Å². The van der Waals surface area contributed by atoms with Crippen molar-refractivity contribution < 1.29 is 9.59 Å². The van der Waals surface area contributed by atoms with Crippen LogP contribution in [0.25, 0.3) is 0 Å². The molecule has 0 unspecified atom stereocenters. The first-order valence-electron chi connectivity index (χ1n) is 5.71. The molecule has 1 aliphatic carbocycles. The zero-order valence-corrected chi connectivity index (χ0v) is 10.6. The van der Waals surface area contributed by atoms with E-state index in [2.05, 4.69) is 0 Å². The van der Waals surface area contributed by atoms with E-state index in [9.17, 15) is 9.59 Å². The SMILES string of the molecule is O=C(C(Cl)Cl)N1CCC(=O)C12CCCCC2. The van der Waals surface area contributed by atoms with E-state index >= 15 is 0 Å². The van der Waals surface area contributed by atoms with Gasteiger partial charge in [0.05, 0.1) is 0 Å². The standard InChI is InChI=1S/C11H15Cl2NO2/c12-9(13)10(16)14-7-4-8(15)11(14)5-2-1-3-6-11/h9H,1-7H2. The molecule has 0 radical (unpaired) electrons. The predicted molar refractivity (Wildman–Crippen MR) is 62.6 cm³/mol. The molecule has 0 N–H and O–H groups in total.